The van der Waals surface area contributed by atoms with Crippen molar-refractivity contribution in [2.45, 2.75) is 13.3 Å². The number of benzene rings is 1. The molecular weight excluding hydrogens is 241 g/mol. The summed E-state index contributed by atoms with van der Waals surface area (Å²) in [6.07, 6.45) is 6.01. The SMILES string of the molecule is C#CCN(CCC)C(=O)c1ccc(F)c(Cl)c1. The second-order valence-electron chi connectivity index (χ2n) is 3.56. The Bertz CT molecular complexity index is 453. The highest BCUT2D eigenvalue weighted by Gasteiger charge is 2.15. The number of nitrogens with zero attached hydrogens (tertiary/aromatic N) is 1. The van der Waals surface area contributed by atoms with Crippen LogP contribution in [0, 0.1) is 18.2 Å². The second kappa shape index (κ2) is 6.27. The zero-order valence-electron chi connectivity index (χ0n) is 9.54. The van der Waals surface area contributed by atoms with Crippen molar-refractivity contribution in [3.05, 3.63) is 34.6 Å². The van der Waals surface area contributed by atoms with E-state index in [1.54, 1.807) is 0 Å². The molecule has 1 aromatic rings. The van der Waals surface area contributed by atoms with Gasteiger partial charge in [0.1, 0.15) is 5.82 Å². The summed E-state index contributed by atoms with van der Waals surface area (Å²) in [7, 11) is 0. The predicted molar refractivity (Wildman–Crippen MR) is 66.4 cm³/mol. The average Bonchev–Trinajstić information content (AvgIpc) is 2.31. The second-order valence-corrected chi connectivity index (χ2v) is 3.97. The van der Waals surface area contributed by atoms with Gasteiger partial charge in [0.25, 0.3) is 5.91 Å². The Balaban J connectivity index is 2.93. The molecular formula is C13H13ClFNO. The number of carbonyl (C=O) groups is 1. The summed E-state index contributed by atoms with van der Waals surface area (Å²) in [5.74, 6) is 1.66. The van der Waals surface area contributed by atoms with Gasteiger partial charge in [-0.3, -0.25) is 4.79 Å². The lowest BCUT2D eigenvalue weighted by Gasteiger charge is -2.19. The van der Waals surface area contributed by atoms with Gasteiger partial charge in [-0.2, -0.15) is 0 Å². The van der Waals surface area contributed by atoms with Gasteiger partial charge < -0.3 is 4.90 Å². The van der Waals surface area contributed by atoms with E-state index in [9.17, 15) is 9.18 Å². The summed E-state index contributed by atoms with van der Waals surface area (Å²) in [5.41, 5.74) is 0.347. The van der Waals surface area contributed by atoms with Crippen molar-refractivity contribution in [2.24, 2.45) is 0 Å². The van der Waals surface area contributed by atoms with Crippen LogP contribution in [0.4, 0.5) is 4.39 Å². The van der Waals surface area contributed by atoms with Crippen LogP contribution in [0.2, 0.25) is 5.02 Å². The number of carbonyl (C=O) groups excluding carboxylic acids is 1. The number of halogens is 2. The fraction of sp³-hybridized carbons (Fsp3) is 0.308. The van der Waals surface area contributed by atoms with Crippen molar-refractivity contribution in [2.75, 3.05) is 13.1 Å². The number of hydrogen-bond acceptors (Lipinski definition) is 1. The molecule has 4 heteroatoms. The first-order valence-electron chi connectivity index (χ1n) is 5.28. The normalized spacial score (nSPS) is 9.76. The Kier molecular flexibility index (Phi) is 4.99. The monoisotopic (exact) mass is 253 g/mol. The van der Waals surface area contributed by atoms with Gasteiger partial charge >= 0.3 is 0 Å². The van der Waals surface area contributed by atoms with Crippen molar-refractivity contribution >= 4 is 17.5 Å². The van der Waals surface area contributed by atoms with Crippen LogP contribution in [0.3, 0.4) is 0 Å². The van der Waals surface area contributed by atoms with Crippen LogP contribution >= 0.6 is 11.6 Å². The molecule has 1 rings (SSSR count). The highest BCUT2D eigenvalue weighted by atomic mass is 35.5. The molecule has 2 nitrogen and oxygen atoms in total. The summed E-state index contributed by atoms with van der Waals surface area (Å²) in [6.45, 7) is 2.76. The summed E-state index contributed by atoms with van der Waals surface area (Å²) in [4.78, 5) is 13.6. The van der Waals surface area contributed by atoms with Crippen molar-refractivity contribution in [3.63, 3.8) is 0 Å². The largest absolute Gasteiger partial charge is 0.328 e. The van der Waals surface area contributed by atoms with Crippen LogP contribution in [0.5, 0.6) is 0 Å². The Morgan fingerprint density at radius 1 is 1.59 bits per heavy atom. The van der Waals surface area contributed by atoms with Crippen LogP contribution in [-0.2, 0) is 0 Å². The third-order valence-corrected chi connectivity index (χ3v) is 2.52. The minimum atomic E-state index is -0.540. The molecule has 0 unspecified atom stereocenters. The molecule has 0 atom stereocenters. The van der Waals surface area contributed by atoms with Crippen LogP contribution in [0.25, 0.3) is 0 Å². The van der Waals surface area contributed by atoms with Gasteiger partial charge in [0.15, 0.2) is 0 Å². The van der Waals surface area contributed by atoms with Gasteiger partial charge in [0.05, 0.1) is 11.6 Å². The number of hydrogen-bond donors (Lipinski definition) is 0. The lowest BCUT2D eigenvalue weighted by Crippen LogP contribution is -2.32. The molecule has 0 aromatic heterocycles. The smallest absolute Gasteiger partial charge is 0.254 e. The average molecular weight is 254 g/mol. The van der Waals surface area contributed by atoms with Crippen molar-refractivity contribution < 1.29 is 9.18 Å². The predicted octanol–water partition coefficient (Wildman–Crippen LogP) is 2.96. The summed E-state index contributed by atoms with van der Waals surface area (Å²) in [5, 5.41) is -0.0620. The van der Waals surface area contributed by atoms with E-state index in [4.69, 9.17) is 18.0 Å². The molecule has 0 radical (unpaired) electrons. The molecule has 0 N–H and O–H groups in total. The molecule has 0 spiro atoms. The van der Waals surface area contributed by atoms with Gasteiger partial charge in [-0.1, -0.05) is 24.4 Å². The molecule has 0 bridgehead atoms. The Hall–Kier alpha value is -1.53. The maximum Gasteiger partial charge on any atom is 0.254 e. The van der Waals surface area contributed by atoms with Gasteiger partial charge in [-0.25, -0.2) is 4.39 Å². The number of amides is 1. The highest BCUT2D eigenvalue weighted by molar-refractivity contribution is 6.31. The van der Waals surface area contributed by atoms with Gasteiger partial charge in [0, 0.05) is 12.1 Å². The van der Waals surface area contributed by atoms with Crippen LogP contribution < -0.4 is 0 Å². The summed E-state index contributed by atoms with van der Waals surface area (Å²) in [6, 6.07) is 3.90. The highest BCUT2D eigenvalue weighted by Crippen LogP contribution is 2.17. The Morgan fingerprint density at radius 2 is 2.29 bits per heavy atom. The molecule has 90 valence electrons. The van der Waals surface area contributed by atoms with E-state index < -0.39 is 5.82 Å². The molecule has 1 amide bonds. The number of terminal acetylenes is 1. The molecule has 1 aromatic carbocycles. The van der Waals surface area contributed by atoms with Crippen molar-refractivity contribution in [1.29, 1.82) is 0 Å². The molecule has 0 saturated heterocycles. The first kappa shape index (κ1) is 13.5. The molecule has 0 fully saturated rings. The van der Waals surface area contributed by atoms with Gasteiger partial charge in [-0.05, 0) is 24.6 Å². The maximum absolute atomic E-state index is 13.0. The zero-order valence-corrected chi connectivity index (χ0v) is 10.3. The standard InChI is InChI=1S/C13H13ClFNO/c1-3-7-16(8-4-2)13(17)10-5-6-12(15)11(14)9-10/h1,5-6,9H,4,7-8H2,2H3. The van der Waals surface area contributed by atoms with E-state index in [1.807, 2.05) is 6.92 Å². The fourth-order valence-corrected chi connectivity index (χ4v) is 1.62. The van der Waals surface area contributed by atoms with Gasteiger partial charge in [0.2, 0.25) is 0 Å². The summed E-state index contributed by atoms with van der Waals surface area (Å²) < 4.78 is 13.0. The lowest BCUT2D eigenvalue weighted by atomic mass is 10.2. The Labute approximate surface area is 105 Å². The molecule has 17 heavy (non-hydrogen) atoms. The van der Waals surface area contributed by atoms with E-state index in [-0.39, 0.29) is 17.5 Å². The van der Waals surface area contributed by atoms with E-state index in [1.165, 1.54) is 23.1 Å². The topological polar surface area (TPSA) is 20.3 Å². The minimum Gasteiger partial charge on any atom is -0.328 e. The van der Waals surface area contributed by atoms with Gasteiger partial charge in [-0.15, -0.1) is 6.42 Å². The van der Waals surface area contributed by atoms with E-state index in [0.29, 0.717) is 12.1 Å². The third-order valence-electron chi connectivity index (χ3n) is 2.23. The maximum atomic E-state index is 13.0. The van der Waals surface area contributed by atoms with E-state index >= 15 is 0 Å². The third kappa shape index (κ3) is 3.47. The van der Waals surface area contributed by atoms with Crippen LogP contribution in [0.1, 0.15) is 23.7 Å². The molecule has 0 aliphatic heterocycles. The van der Waals surface area contributed by atoms with E-state index in [2.05, 4.69) is 5.92 Å². The first-order valence-corrected chi connectivity index (χ1v) is 5.65. The quantitative estimate of drug-likeness (QED) is 0.756. The molecule has 0 heterocycles. The molecule has 0 aliphatic carbocycles. The summed E-state index contributed by atoms with van der Waals surface area (Å²) >= 11 is 5.63. The van der Waals surface area contributed by atoms with Crippen molar-refractivity contribution in [3.8, 4) is 12.3 Å². The Morgan fingerprint density at radius 3 is 2.82 bits per heavy atom. The number of rotatable bonds is 4. The minimum absolute atomic E-state index is 0.0620. The van der Waals surface area contributed by atoms with Crippen LogP contribution in [0.15, 0.2) is 18.2 Å². The van der Waals surface area contributed by atoms with E-state index in [0.717, 1.165) is 6.42 Å². The fourth-order valence-electron chi connectivity index (χ4n) is 1.44. The van der Waals surface area contributed by atoms with Crippen LogP contribution in [-0.4, -0.2) is 23.9 Å². The lowest BCUT2D eigenvalue weighted by molar-refractivity contribution is 0.0777. The zero-order chi connectivity index (χ0) is 12.8. The first-order chi connectivity index (χ1) is 8.10. The van der Waals surface area contributed by atoms with Crippen molar-refractivity contribution in [1.82, 2.24) is 4.90 Å². The molecule has 0 saturated carbocycles. The molecule has 0 aliphatic rings.